The lowest BCUT2D eigenvalue weighted by Gasteiger charge is -2.29. The maximum atomic E-state index is 13.1. The van der Waals surface area contributed by atoms with E-state index in [9.17, 15) is 18.6 Å². The summed E-state index contributed by atoms with van der Waals surface area (Å²) in [6.07, 6.45) is 0.0477. The molecule has 1 rings (SSSR count). The Bertz CT molecular complexity index is 652. The Morgan fingerprint density at radius 2 is 0.794 bits per heavy atom. The molecule has 0 spiro atoms. The zero-order chi connectivity index (χ0) is 25.7. The molecule has 1 unspecified atom stereocenters. The second kappa shape index (κ2) is 16.2. The molecule has 15 heteroatoms. The minimum atomic E-state index is -3.79. The zero-order valence-electron chi connectivity index (χ0n) is 21.3. The average Bonchev–Trinajstić information content (AvgIpc) is 2.80. The second-order valence-corrected chi connectivity index (χ2v) is 13.6. The zero-order valence-corrected chi connectivity index (χ0v) is 24.0. The third-order valence-corrected chi connectivity index (χ3v) is 10.5. The molecule has 1 N–H and O–H groups in total. The molecule has 1 fully saturated rings. The van der Waals surface area contributed by atoms with Crippen molar-refractivity contribution >= 4 is 22.8 Å². The van der Waals surface area contributed by atoms with Crippen molar-refractivity contribution in [2.24, 2.45) is 0 Å². The molecule has 34 heavy (non-hydrogen) atoms. The van der Waals surface area contributed by atoms with Gasteiger partial charge in [0.2, 0.25) is 0 Å². The summed E-state index contributed by atoms with van der Waals surface area (Å²) in [5.74, 6) is 0. The van der Waals surface area contributed by atoms with Crippen LogP contribution in [0.1, 0.15) is 34.6 Å². The molecule has 12 nitrogen and oxygen atoms in total. The predicted octanol–water partition coefficient (Wildman–Crippen LogP) is 3.53. The quantitative estimate of drug-likeness (QED) is 0.282. The summed E-state index contributed by atoms with van der Waals surface area (Å²) in [7, 11) is -10.5. The third kappa shape index (κ3) is 12.5. The normalized spacial score (nSPS) is 19.9. The van der Waals surface area contributed by atoms with Gasteiger partial charge < -0.3 is 27.5 Å². The molecule has 1 aliphatic rings. The molecule has 1 atom stereocenters. The predicted molar refractivity (Wildman–Crippen MR) is 132 cm³/mol. The van der Waals surface area contributed by atoms with E-state index in [0.717, 1.165) is 0 Å². The van der Waals surface area contributed by atoms with E-state index in [0.29, 0.717) is 39.3 Å². The lowest BCUT2D eigenvalue weighted by atomic mass is 10.5. The van der Waals surface area contributed by atoms with Gasteiger partial charge in [0.15, 0.2) is 0 Å². The Kier molecular flexibility index (Phi) is 15.4. The van der Waals surface area contributed by atoms with E-state index in [2.05, 4.69) is 0 Å². The standard InChI is InChI=1S/C19H44N3O9P3/c1-6-27-32(23,24)17-20-11-13-21(18-33(25,28-7-2)29-8-3)15-16-22(14-12-20)19-34(26,30-9-4)31-10-5/h6-19H2,1-5H3,(H,23,24). The van der Waals surface area contributed by atoms with Gasteiger partial charge in [-0.1, -0.05) is 0 Å². The Morgan fingerprint density at radius 1 is 0.529 bits per heavy atom. The first-order valence-corrected chi connectivity index (χ1v) is 17.2. The van der Waals surface area contributed by atoms with Crippen LogP contribution in [0.5, 0.6) is 0 Å². The molecule has 1 heterocycles. The van der Waals surface area contributed by atoms with Crippen molar-refractivity contribution in [2.45, 2.75) is 34.6 Å². The highest BCUT2D eigenvalue weighted by Crippen LogP contribution is 2.50. The largest absolute Gasteiger partial charge is 0.344 e. The highest BCUT2D eigenvalue weighted by atomic mass is 31.2. The molecule has 0 saturated carbocycles. The van der Waals surface area contributed by atoms with Crippen molar-refractivity contribution in [3.05, 3.63) is 0 Å². The summed E-state index contributed by atoms with van der Waals surface area (Å²) in [4.78, 5) is 15.9. The summed E-state index contributed by atoms with van der Waals surface area (Å²) in [6, 6.07) is 0. The van der Waals surface area contributed by atoms with Crippen LogP contribution in [0.25, 0.3) is 0 Å². The van der Waals surface area contributed by atoms with Crippen molar-refractivity contribution in [3.8, 4) is 0 Å². The van der Waals surface area contributed by atoms with E-state index < -0.39 is 22.8 Å². The van der Waals surface area contributed by atoms with Gasteiger partial charge in [0.25, 0.3) is 0 Å². The van der Waals surface area contributed by atoms with Gasteiger partial charge in [0.05, 0.1) is 33.0 Å². The second-order valence-electron chi connectivity index (χ2n) is 7.73. The molecule has 0 amide bonds. The molecule has 0 aromatic rings. The van der Waals surface area contributed by atoms with Gasteiger partial charge in [0.1, 0.15) is 18.9 Å². The van der Waals surface area contributed by atoms with Gasteiger partial charge in [-0.15, -0.1) is 0 Å². The molecule has 0 aromatic heterocycles. The van der Waals surface area contributed by atoms with Crippen LogP contribution in [-0.2, 0) is 36.3 Å². The van der Waals surface area contributed by atoms with Crippen LogP contribution < -0.4 is 0 Å². The van der Waals surface area contributed by atoms with E-state index in [1.165, 1.54) is 0 Å². The molecule has 0 aliphatic carbocycles. The third-order valence-electron chi connectivity index (χ3n) is 4.96. The molecular formula is C19H44N3O9P3. The first kappa shape index (κ1) is 32.4. The van der Waals surface area contributed by atoms with Crippen molar-refractivity contribution in [1.29, 1.82) is 0 Å². The van der Waals surface area contributed by atoms with Crippen molar-refractivity contribution in [2.75, 3.05) is 91.2 Å². The van der Waals surface area contributed by atoms with Crippen LogP contribution in [0.2, 0.25) is 0 Å². The first-order valence-electron chi connectivity index (χ1n) is 11.9. The fourth-order valence-corrected chi connectivity index (χ4v) is 8.49. The maximum absolute atomic E-state index is 13.1. The van der Waals surface area contributed by atoms with E-state index in [1.807, 2.05) is 14.7 Å². The van der Waals surface area contributed by atoms with Gasteiger partial charge in [-0.05, 0) is 34.6 Å². The Balaban J connectivity index is 3.08. The Labute approximate surface area is 204 Å². The van der Waals surface area contributed by atoms with Crippen LogP contribution in [0.4, 0.5) is 0 Å². The fourth-order valence-electron chi connectivity index (χ4n) is 3.62. The monoisotopic (exact) mass is 551 g/mol. The van der Waals surface area contributed by atoms with E-state index in [4.69, 9.17) is 22.6 Å². The molecular weight excluding hydrogens is 507 g/mol. The topological polar surface area (TPSA) is 127 Å². The van der Waals surface area contributed by atoms with Gasteiger partial charge in [-0.25, -0.2) is 0 Å². The molecule has 0 bridgehead atoms. The summed E-state index contributed by atoms with van der Waals surface area (Å²) < 4.78 is 65.6. The van der Waals surface area contributed by atoms with Crippen molar-refractivity contribution in [1.82, 2.24) is 14.7 Å². The van der Waals surface area contributed by atoms with E-state index in [-0.39, 0.29) is 51.9 Å². The van der Waals surface area contributed by atoms with Crippen LogP contribution in [-0.4, -0.2) is 111 Å². The number of rotatable bonds is 16. The van der Waals surface area contributed by atoms with E-state index in [1.54, 1.807) is 34.6 Å². The molecule has 1 aliphatic heterocycles. The average molecular weight is 551 g/mol. The number of hydrogen-bond donors (Lipinski definition) is 1. The Hall–Kier alpha value is 0.330. The van der Waals surface area contributed by atoms with Gasteiger partial charge in [-0.3, -0.25) is 28.4 Å². The minimum absolute atomic E-state index is 0.0905. The molecule has 1 saturated heterocycles. The fraction of sp³-hybridized carbons (Fsp3) is 1.00. The Morgan fingerprint density at radius 3 is 1.06 bits per heavy atom. The van der Waals surface area contributed by atoms with Gasteiger partial charge >= 0.3 is 22.8 Å². The molecule has 0 radical (unpaired) electrons. The van der Waals surface area contributed by atoms with Crippen LogP contribution >= 0.6 is 22.8 Å². The van der Waals surface area contributed by atoms with Gasteiger partial charge in [-0.2, -0.15) is 0 Å². The van der Waals surface area contributed by atoms with E-state index >= 15 is 0 Å². The van der Waals surface area contributed by atoms with Crippen LogP contribution in [0.3, 0.4) is 0 Å². The highest BCUT2D eigenvalue weighted by molar-refractivity contribution is 7.54. The molecule has 0 aromatic carbocycles. The summed E-state index contributed by atoms with van der Waals surface area (Å²) >= 11 is 0. The first-order chi connectivity index (χ1) is 16.0. The lowest BCUT2D eigenvalue weighted by Crippen LogP contribution is -2.37. The lowest BCUT2D eigenvalue weighted by molar-refractivity contribution is 0.179. The van der Waals surface area contributed by atoms with Crippen molar-refractivity contribution < 1.29 is 41.2 Å². The SMILES string of the molecule is CCOP(=O)(O)CN1CCN(CP(=O)(OCC)OCC)CCN(CP(=O)(OCC)OCC)CC1. The minimum Gasteiger partial charge on any atom is -0.323 e. The maximum Gasteiger partial charge on any atom is 0.344 e. The van der Waals surface area contributed by atoms with Crippen molar-refractivity contribution in [3.63, 3.8) is 0 Å². The number of hydrogen-bond acceptors (Lipinski definition) is 11. The summed E-state index contributed by atoms with van der Waals surface area (Å²) in [6.45, 7) is 12.8. The smallest absolute Gasteiger partial charge is 0.323 e. The van der Waals surface area contributed by atoms with Crippen LogP contribution in [0, 0.1) is 0 Å². The van der Waals surface area contributed by atoms with Crippen LogP contribution in [0.15, 0.2) is 0 Å². The summed E-state index contributed by atoms with van der Waals surface area (Å²) in [5.41, 5.74) is 0. The summed E-state index contributed by atoms with van der Waals surface area (Å²) in [5, 5.41) is 0. The molecule has 204 valence electrons. The highest BCUT2D eigenvalue weighted by Gasteiger charge is 2.32. The number of nitrogens with zero attached hydrogens (tertiary/aromatic N) is 3. The van der Waals surface area contributed by atoms with Gasteiger partial charge in [0, 0.05) is 39.3 Å².